The summed E-state index contributed by atoms with van der Waals surface area (Å²) in [7, 11) is 1.90. The molecule has 114 valence electrons. The van der Waals surface area contributed by atoms with Crippen LogP contribution in [0.3, 0.4) is 0 Å². The van der Waals surface area contributed by atoms with Gasteiger partial charge in [0.2, 0.25) is 0 Å². The van der Waals surface area contributed by atoms with E-state index in [9.17, 15) is 0 Å². The van der Waals surface area contributed by atoms with Crippen molar-refractivity contribution in [3.8, 4) is 0 Å². The summed E-state index contributed by atoms with van der Waals surface area (Å²) in [5, 5.41) is 6.29. The Bertz CT molecular complexity index is 603. The Kier molecular flexibility index (Phi) is 4.40. The van der Waals surface area contributed by atoms with Crippen LogP contribution in [0, 0.1) is 11.8 Å². The standard InChI is InChI=1S/C16H23N3OS/c1-10-6-11(2)8-12(7-10)20-9-14-18-15(17-3)13-4-5-21-16(13)19-14/h4-5,10-12H,6-9H2,1-3H3,(H,17,18,19). The van der Waals surface area contributed by atoms with E-state index in [0.29, 0.717) is 12.7 Å². The van der Waals surface area contributed by atoms with Gasteiger partial charge in [-0.3, -0.25) is 0 Å². The van der Waals surface area contributed by atoms with Crippen molar-refractivity contribution in [2.45, 2.75) is 45.8 Å². The topological polar surface area (TPSA) is 47.0 Å². The van der Waals surface area contributed by atoms with Gasteiger partial charge in [0.25, 0.3) is 0 Å². The van der Waals surface area contributed by atoms with Crippen LogP contribution in [0.4, 0.5) is 5.82 Å². The molecule has 5 heteroatoms. The zero-order valence-electron chi connectivity index (χ0n) is 12.9. The number of hydrogen-bond acceptors (Lipinski definition) is 5. The van der Waals surface area contributed by atoms with Crippen molar-refractivity contribution < 1.29 is 4.74 Å². The highest BCUT2D eigenvalue weighted by molar-refractivity contribution is 7.16. The first kappa shape index (κ1) is 14.7. The lowest BCUT2D eigenvalue weighted by molar-refractivity contribution is -0.0117. The van der Waals surface area contributed by atoms with E-state index in [4.69, 9.17) is 4.74 Å². The molecule has 0 bridgehead atoms. The molecule has 1 saturated carbocycles. The monoisotopic (exact) mass is 305 g/mol. The highest BCUT2D eigenvalue weighted by atomic mass is 32.1. The van der Waals surface area contributed by atoms with Crippen LogP contribution in [0.5, 0.6) is 0 Å². The average molecular weight is 305 g/mol. The molecule has 2 heterocycles. The Morgan fingerprint density at radius 1 is 1.24 bits per heavy atom. The minimum absolute atomic E-state index is 0.351. The van der Waals surface area contributed by atoms with E-state index in [-0.39, 0.29) is 0 Å². The molecule has 2 unspecified atom stereocenters. The average Bonchev–Trinajstić information content (AvgIpc) is 2.91. The summed E-state index contributed by atoms with van der Waals surface area (Å²) in [6.45, 7) is 5.14. The lowest BCUT2D eigenvalue weighted by atomic mass is 9.82. The predicted octanol–water partition coefficient (Wildman–Crippen LogP) is 4.07. The molecule has 0 radical (unpaired) electrons. The van der Waals surface area contributed by atoms with Gasteiger partial charge in [0, 0.05) is 7.05 Å². The molecule has 21 heavy (non-hydrogen) atoms. The Hall–Kier alpha value is -1.20. The number of rotatable bonds is 4. The highest BCUT2D eigenvalue weighted by Gasteiger charge is 2.24. The lowest BCUT2D eigenvalue weighted by Crippen LogP contribution is -2.26. The first-order chi connectivity index (χ1) is 10.2. The van der Waals surface area contributed by atoms with Gasteiger partial charge in [0.05, 0.1) is 11.5 Å². The number of ether oxygens (including phenoxy) is 1. The van der Waals surface area contributed by atoms with Crippen LogP contribution in [0.1, 0.15) is 38.9 Å². The lowest BCUT2D eigenvalue weighted by Gasteiger charge is -2.31. The maximum Gasteiger partial charge on any atom is 0.158 e. The summed E-state index contributed by atoms with van der Waals surface area (Å²) in [5.74, 6) is 3.19. The van der Waals surface area contributed by atoms with Crippen LogP contribution >= 0.6 is 11.3 Å². The summed E-state index contributed by atoms with van der Waals surface area (Å²) < 4.78 is 6.09. The van der Waals surface area contributed by atoms with Gasteiger partial charge in [0.1, 0.15) is 17.3 Å². The van der Waals surface area contributed by atoms with E-state index < -0.39 is 0 Å². The van der Waals surface area contributed by atoms with Crippen LogP contribution in [-0.4, -0.2) is 23.1 Å². The molecule has 2 aromatic heterocycles. The largest absolute Gasteiger partial charge is 0.372 e. The first-order valence-electron chi connectivity index (χ1n) is 7.69. The normalized spacial score (nSPS) is 26.1. The van der Waals surface area contributed by atoms with E-state index in [2.05, 4.69) is 40.6 Å². The van der Waals surface area contributed by atoms with E-state index in [1.165, 1.54) is 6.42 Å². The van der Waals surface area contributed by atoms with Gasteiger partial charge in [-0.05, 0) is 42.5 Å². The summed E-state index contributed by atoms with van der Waals surface area (Å²) in [6, 6.07) is 2.06. The predicted molar refractivity (Wildman–Crippen MR) is 87.7 cm³/mol. The number of anilines is 1. The Balaban J connectivity index is 1.70. The smallest absolute Gasteiger partial charge is 0.158 e. The van der Waals surface area contributed by atoms with E-state index in [1.54, 1.807) is 11.3 Å². The Morgan fingerprint density at radius 2 is 2.00 bits per heavy atom. The maximum absolute atomic E-state index is 6.09. The second-order valence-electron chi connectivity index (χ2n) is 6.23. The highest BCUT2D eigenvalue weighted by Crippen LogP contribution is 2.31. The van der Waals surface area contributed by atoms with Crippen LogP contribution in [0.2, 0.25) is 0 Å². The van der Waals surface area contributed by atoms with E-state index >= 15 is 0 Å². The van der Waals surface area contributed by atoms with Crippen LogP contribution in [-0.2, 0) is 11.3 Å². The van der Waals surface area contributed by atoms with Gasteiger partial charge in [-0.2, -0.15) is 0 Å². The number of nitrogens with zero attached hydrogens (tertiary/aromatic N) is 2. The molecule has 2 aromatic rings. The molecule has 3 rings (SSSR count). The summed E-state index contributed by atoms with van der Waals surface area (Å²) >= 11 is 1.65. The third kappa shape index (κ3) is 3.35. The molecule has 0 spiro atoms. The van der Waals surface area contributed by atoms with Gasteiger partial charge >= 0.3 is 0 Å². The first-order valence-corrected chi connectivity index (χ1v) is 8.57. The second-order valence-corrected chi connectivity index (χ2v) is 7.12. The zero-order chi connectivity index (χ0) is 14.8. The number of hydrogen-bond donors (Lipinski definition) is 1. The molecular weight excluding hydrogens is 282 g/mol. The number of nitrogens with one attached hydrogen (secondary N) is 1. The minimum atomic E-state index is 0.351. The molecule has 0 aromatic carbocycles. The molecule has 1 aliphatic rings. The summed E-state index contributed by atoms with van der Waals surface area (Å²) in [6.07, 6.45) is 3.99. The van der Waals surface area contributed by atoms with Crippen LogP contribution < -0.4 is 5.32 Å². The van der Waals surface area contributed by atoms with Crippen molar-refractivity contribution in [2.24, 2.45) is 11.8 Å². The van der Waals surface area contributed by atoms with Gasteiger partial charge in [-0.25, -0.2) is 9.97 Å². The molecule has 0 aliphatic heterocycles. The molecule has 1 aliphatic carbocycles. The van der Waals surface area contributed by atoms with Crippen molar-refractivity contribution in [1.29, 1.82) is 0 Å². The van der Waals surface area contributed by atoms with Crippen LogP contribution in [0.15, 0.2) is 11.4 Å². The quantitative estimate of drug-likeness (QED) is 0.925. The zero-order valence-corrected chi connectivity index (χ0v) is 13.7. The molecule has 1 N–H and O–H groups in total. The van der Waals surface area contributed by atoms with Gasteiger partial charge in [-0.15, -0.1) is 11.3 Å². The van der Waals surface area contributed by atoms with Gasteiger partial charge in [0.15, 0.2) is 5.82 Å². The molecule has 1 fully saturated rings. The Labute approximate surface area is 129 Å². The number of thiophene rings is 1. The van der Waals surface area contributed by atoms with Gasteiger partial charge < -0.3 is 10.1 Å². The van der Waals surface area contributed by atoms with Crippen molar-refractivity contribution in [1.82, 2.24) is 9.97 Å². The SMILES string of the molecule is CNc1nc(COC2CC(C)CC(C)C2)nc2sccc12. The van der Waals surface area contributed by atoms with Crippen LogP contribution in [0.25, 0.3) is 10.2 Å². The number of fused-ring (bicyclic) bond motifs is 1. The third-order valence-corrected chi connectivity index (χ3v) is 5.00. The molecule has 4 nitrogen and oxygen atoms in total. The summed E-state index contributed by atoms with van der Waals surface area (Å²) in [5.41, 5.74) is 0. The van der Waals surface area contributed by atoms with Crippen molar-refractivity contribution in [3.05, 3.63) is 17.3 Å². The molecular formula is C16H23N3OS. The van der Waals surface area contributed by atoms with Crippen molar-refractivity contribution in [3.63, 3.8) is 0 Å². The molecule has 2 atom stereocenters. The fourth-order valence-electron chi connectivity index (χ4n) is 3.36. The van der Waals surface area contributed by atoms with Crippen molar-refractivity contribution in [2.75, 3.05) is 12.4 Å². The Morgan fingerprint density at radius 3 is 2.71 bits per heavy atom. The van der Waals surface area contributed by atoms with E-state index in [1.807, 2.05) is 7.05 Å². The maximum atomic E-state index is 6.09. The second kappa shape index (κ2) is 6.28. The number of aromatic nitrogens is 2. The fourth-order valence-corrected chi connectivity index (χ4v) is 4.14. The third-order valence-electron chi connectivity index (χ3n) is 4.19. The fraction of sp³-hybridized carbons (Fsp3) is 0.625. The summed E-state index contributed by atoms with van der Waals surface area (Å²) in [4.78, 5) is 10.2. The van der Waals surface area contributed by atoms with Gasteiger partial charge in [-0.1, -0.05) is 13.8 Å². The molecule has 0 amide bonds. The minimum Gasteiger partial charge on any atom is -0.372 e. The van der Waals surface area contributed by atoms with Crippen molar-refractivity contribution >= 4 is 27.4 Å². The molecule has 0 saturated heterocycles. The van der Waals surface area contributed by atoms with E-state index in [0.717, 1.165) is 46.5 Å².